The summed E-state index contributed by atoms with van der Waals surface area (Å²) < 4.78 is 1.65. The summed E-state index contributed by atoms with van der Waals surface area (Å²) in [7, 11) is 0. The van der Waals surface area contributed by atoms with Crippen molar-refractivity contribution in [2.75, 3.05) is 6.54 Å². The van der Waals surface area contributed by atoms with Crippen LogP contribution in [0.15, 0.2) is 12.4 Å². The first-order valence-corrected chi connectivity index (χ1v) is 7.60. The van der Waals surface area contributed by atoms with Crippen LogP contribution in [0.3, 0.4) is 0 Å². The average Bonchev–Trinajstić information content (AvgIpc) is 2.88. The molecule has 0 radical (unpaired) electrons. The van der Waals surface area contributed by atoms with Crippen molar-refractivity contribution in [1.82, 2.24) is 19.9 Å². The van der Waals surface area contributed by atoms with Crippen molar-refractivity contribution in [3.8, 4) is 0 Å². The molecule has 0 unspecified atom stereocenters. The molecule has 6 nitrogen and oxygen atoms in total. The molecule has 1 aliphatic carbocycles. The van der Waals surface area contributed by atoms with Gasteiger partial charge in [0.25, 0.3) is 5.91 Å². The molecule has 2 aromatic heterocycles. The van der Waals surface area contributed by atoms with Crippen molar-refractivity contribution in [1.29, 1.82) is 0 Å². The molecule has 1 N–H and O–H groups in total. The van der Waals surface area contributed by atoms with Gasteiger partial charge in [0.15, 0.2) is 11.4 Å². The Labute approximate surface area is 128 Å². The fourth-order valence-corrected chi connectivity index (χ4v) is 2.92. The predicted octanol–water partition coefficient (Wildman–Crippen LogP) is 2.02. The fourth-order valence-electron chi connectivity index (χ4n) is 2.92. The van der Waals surface area contributed by atoms with E-state index < -0.39 is 0 Å². The van der Waals surface area contributed by atoms with E-state index in [1.54, 1.807) is 10.7 Å². The number of amides is 1. The maximum Gasteiger partial charge on any atom is 0.256 e. The molecule has 2 aromatic rings. The molecule has 116 valence electrons. The van der Waals surface area contributed by atoms with Crippen LogP contribution in [-0.2, 0) is 6.42 Å². The van der Waals surface area contributed by atoms with Gasteiger partial charge in [-0.05, 0) is 18.3 Å². The molecule has 0 aliphatic heterocycles. The number of hydrogen-bond donors (Lipinski definition) is 1. The minimum atomic E-state index is -0.175. The van der Waals surface area contributed by atoms with Crippen LogP contribution in [0.5, 0.6) is 0 Å². The van der Waals surface area contributed by atoms with E-state index >= 15 is 0 Å². The Hall–Kier alpha value is -2.24. The monoisotopic (exact) mass is 300 g/mol. The molecule has 0 aromatic carbocycles. The SMILES string of the molecule is CCCNC(=O)c1cnn2c3c(cnc12)C(=O)CC(C)(C)C3. The number of hydrogen-bond acceptors (Lipinski definition) is 4. The number of nitrogens with one attached hydrogen (secondary N) is 1. The number of ketones is 1. The van der Waals surface area contributed by atoms with Crippen LogP contribution in [0.1, 0.15) is 60.0 Å². The normalized spacial score (nSPS) is 16.6. The summed E-state index contributed by atoms with van der Waals surface area (Å²) in [4.78, 5) is 28.7. The zero-order chi connectivity index (χ0) is 15.9. The standard InChI is InChI=1S/C16H20N4O2/c1-4-5-17-15(22)11-9-19-20-12-6-16(2,3)7-13(21)10(12)8-18-14(11)20/h8-9H,4-7H2,1-3H3,(H,17,22). The summed E-state index contributed by atoms with van der Waals surface area (Å²) in [5.74, 6) is -0.0844. The van der Waals surface area contributed by atoms with Gasteiger partial charge in [0.05, 0.1) is 17.5 Å². The molecule has 6 heteroatoms. The molecule has 0 fully saturated rings. The van der Waals surface area contributed by atoms with E-state index in [2.05, 4.69) is 29.2 Å². The molecular formula is C16H20N4O2. The Morgan fingerprint density at radius 3 is 2.86 bits per heavy atom. The second kappa shape index (κ2) is 5.19. The number of carbonyl (C=O) groups excluding carboxylic acids is 2. The Morgan fingerprint density at radius 2 is 2.14 bits per heavy atom. The second-order valence-electron chi connectivity index (χ2n) is 6.61. The minimum Gasteiger partial charge on any atom is -0.352 e. The Kier molecular flexibility index (Phi) is 3.47. The molecule has 0 atom stereocenters. The third-order valence-electron chi connectivity index (χ3n) is 3.99. The van der Waals surface area contributed by atoms with Crippen LogP contribution in [0.4, 0.5) is 0 Å². The van der Waals surface area contributed by atoms with Crippen molar-refractivity contribution in [2.24, 2.45) is 5.41 Å². The summed E-state index contributed by atoms with van der Waals surface area (Å²) >= 11 is 0. The Bertz CT molecular complexity index is 761. The lowest BCUT2D eigenvalue weighted by molar-refractivity contribution is 0.0907. The summed E-state index contributed by atoms with van der Waals surface area (Å²) in [6, 6.07) is 0. The number of Topliss-reactive ketones (excluding diaryl/α,β-unsaturated/α-hetero) is 1. The van der Waals surface area contributed by atoms with Gasteiger partial charge in [-0.3, -0.25) is 9.59 Å². The molecule has 1 amide bonds. The van der Waals surface area contributed by atoms with Gasteiger partial charge in [-0.1, -0.05) is 20.8 Å². The lowest BCUT2D eigenvalue weighted by atomic mass is 9.76. The molecule has 0 saturated carbocycles. The van der Waals surface area contributed by atoms with Crippen LogP contribution in [0.2, 0.25) is 0 Å². The Morgan fingerprint density at radius 1 is 1.36 bits per heavy atom. The smallest absolute Gasteiger partial charge is 0.256 e. The largest absolute Gasteiger partial charge is 0.352 e. The number of fused-ring (bicyclic) bond motifs is 3. The van der Waals surface area contributed by atoms with E-state index in [0.29, 0.717) is 29.7 Å². The van der Waals surface area contributed by atoms with E-state index in [4.69, 9.17) is 0 Å². The Balaban J connectivity index is 2.09. The molecule has 3 rings (SSSR count). The molecule has 2 heterocycles. The lowest BCUT2D eigenvalue weighted by Gasteiger charge is -2.29. The molecular weight excluding hydrogens is 280 g/mol. The first kappa shape index (κ1) is 14.7. The molecule has 0 spiro atoms. The van der Waals surface area contributed by atoms with E-state index in [0.717, 1.165) is 18.5 Å². The molecule has 0 saturated heterocycles. The number of nitrogens with zero attached hydrogens (tertiary/aromatic N) is 3. The van der Waals surface area contributed by atoms with E-state index in [1.165, 1.54) is 6.20 Å². The highest BCUT2D eigenvalue weighted by Crippen LogP contribution is 2.34. The predicted molar refractivity (Wildman–Crippen MR) is 82.0 cm³/mol. The number of rotatable bonds is 3. The van der Waals surface area contributed by atoms with Crippen LogP contribution >= 0.6 is 0 Å². The van der Waals surface area contributed by atoms with Gasteiger partial charge in [-0.15, -0.1) is 0 Å². The topological polar surface area (TPSA) is 76.4 Å². The van der Waals surface area contributed by atoms with Crippen molar-refractivity contribution < 1.29 is 9.59 Å². The van der Waals surface area contributed by atoms with Gasteiger partial charge >= 0.3 is 0 Å². The van der Waals surface area contributed by atoms with E-state index in [1.807, 2.05) is 6.92 Å². The summed E-state index contributed by atoms with van der Waals surface area (Å²) in [6.07, 6.45) is 5.24. The highest BCUT2D eigenvalue weighted by atomic mass is 16.1. The third kappa shape index (κ3) is 2.38. The lowest BCUT2D eigenvalue weighted by Crippen LogP contribution is -2.29. The van der Waals surface area contributed by atoms with Gasteiger partial charge in [-0.25, -0.2) is 9.50 Å². The van der Waals surface area contributed by atoms with Crippen molar-refractivity contribution in [3.63, 3.8) is 0 Å². The minimum absolute atomic E-state index is 0.0909. The first-order valence-electron chi connectivity index (χ1n) is 7.60. The maximum atomic E-state index is 12.3. The van der Waals surface area contributed by atoms with Gasteiger partial charge in [0, 0.05) is 19.2 Å². The maximum absolute atomic E-state index is 12.3. The van der Waals surface area contributed by atoms with Gasteiger partial charge in [-0.2, -0.15) is 5.10 Å². The van der Waals surface area contributed by atoms with Gasteiger partial charge in [0.1, 0.15) is 5.56 Å². The number of carbonyl (C=O) groups is 2. The number of aromatic nitrogens is 3. The molecule has 1 aliphatic rings. The zero-order valence-electron chi connectivity index (χ0n) is 13.1. The average molecular weight is 300 g/mol. The zero-order valence-corrected chi connectivity index (χ0v) is 13.1. The molecule has 22 heavy (non-hydrogen) atoms. The summed E-state index contributed by atoms with van der Waals surface area (Å²) in [5, 5.41) is 7.13. The third-order valence-corrected chi connectivity index (χ3v) is 3.99. The van der Waals surface area contributed by atoms with E-state index in [9.17, 15) is 9.59 Å². The molecule has 0 bridgehead atoms. The van der Waals surface area contributed by atoms with Crippen molar-refractivity contribution >= 4 is 17.3 Å². The summed E-state index contributed by atoms with van der Waals surface area (Å²) in [5.41, 5.74) is 2.33. The van der Waals surface area contributed by atoms with Crippen LogP contribution in [0, 0.1) is 5.41 Å². The van der Waals surface area contributed by atoms with Gasteiger partial charge < -0.3 is 5.32 Å². The van der Waals surface area contributed by atoms with Crippen molar-refractivity contribution in [3.05, 3.63) is 29.2 Å². The first-order chi connectivity index (χ1) is 10.4. The quantitative estimate of drug-likeness (QED) is 0.941. The highest BCUT2D eigenvalue weighted by Gasteiger charge is 2.33. The highest BCUT2D eigenvalue weighted by molar-refractivity contribution is 6.01. The van der Waals surface area contributed by atoms with Crippen LogP contribution < -0.4 is 5.32 Å². The summed E-state index contributed by atoms with van der Waals surface area (Å²) in [6.45, 7) is 6.75. The van der Waals surface area contributed by atoms with E-state index in [-0.39, 0.29) is 17.1 Å². The second-order valence-corrected chi connectivity index (χ2v) is 6.61. The van der Waals surface area contributed by atoms with Crippen LogP contribution in [0.25, 0.3) is 5.65 Å². The fraction of sp³-hybridized carbons (Fsp3) is 0.500. The van der Waals surface area contributed by atoms with Gasteiger partial charge in [0.2, 0.25) is 0 Å². The van der Waals surface area contributed by atoms with Crippen molar-refractivity contribution in [2.45, 2.75) is 40.0 Å². The van der Waals surface area contributed by atoms with Crippen LogP contribution in [-0.4, -0.2) is 32.8 Å².